The van der Waals surface area contributed by atoms with E-state index < -0.39 is 50.9 Å². The number of rotatable bonds is 4. The number of nitrogens with zero attached hydrogens (tertiary/aromatic N) is 5. The molecular weight excluding hydrogens is 548 g/mol. The molecule has 4 aromatic rings. The lowest BCUT2D eigenvalue weighted by Crippen LogP contribution is -2.37. The Kier molecular flexibility index (Phi) is 7.20. The molecule has 12 heteroatoms. The Morgan fingerprint density at radius 1 is 1.12 bits per heavy atom. The lowest BCUT2D eigenvalue weighted by atomic mass is 10.00. The maximum absolute atomic E-state index is 15.8. The predicted molar refractivity (Wildman–Crippen MR) is 147 cm³/mol. The van der Waals surface area contributed by atoms with Crippen LogP contribution >= 0.6 is 11.6 Å². The van der Waals surface area contributed by atoms with Gasteiger partial charge in [0.05, 0.1) is 33.0 Å². The normalized spacial score (nSPS) is 15.8. The molecule has 1 aliphatic heterocycles. The molecule has 1 saturated heterocycles. The summed E-state index contributed by atoms with van der Waals surface area (Å²) in [6, 6.07) is 2.76. The number of halogens is 5. The van der Waals surface area contributed by atoms with Gasteiger partial charge in [-0.2, -0.15) is 4.98 Å². The first-order chi connectivity index (χ1) is 18.9. The maximum Gasteiger partial charge on any atom is 0.355 e. The standard InChI is InChI=1S/C28H27ClF4N6O/c1-12(2)23-25(14(4)7-8-35-23)39-27-15(26(37-28(39)40)38-9-5-6-13(3)11-38)10-16(30)24(36-27)17-18(29)22(34)21(33)20(32)19(17)31/h7-8,10,12-13H,5-6,9,11,34H2,1-4H3/t13-/m0/s1. The van der Waals surface area contributed by atoms with Crippen molar-refractivity contribution in [3.05, 3.63) is 68.4 Å². The molecule has 1 aliphatic rings. The van der Waals surface area contributed by atoms with Crippen LogP contribution in [0.5, 0.6) is 0 Å². The van der Waals surface area contributed by atoms with E-state index in [9.17, 15) is 13.6 Å². The van der Waals surface area contributed by atoms with Crippen LogP contribution in [0.25, 0.3) is 28.0 Å². The molecule has 40 heavy (non-hydrogen) atoms. The smallest absolute Gasteiger partial charge is 0.355 e. The zero-order chi connectivity index (χ0) is 29.0. The monoisotopic (exact) mass is 574 g/mol. The highest BCUT2D eigenvalue weighted by atomic mass is 35.5. The minimum atomic E-state index is -1.92. The summed E-state index contributed by atoms with van der Waals surface area (Å²) in [5, 5.41) is -0.560. The van der Waals surface area contributed by atoms with E-state index in [1.807, 2.05) is 18.7 Å². The number of hydrogen-bond donors (Lipinski definition) is 1. The van der Waals surface area contributed by atoms with Crippen molar-refractivity contribution in [1.82, 2.24) is 19.5 Å². The average Bonchev–Trinajstić information content (AvgIpc) is 2.91. The second-order valence-electron chi connectivity index (χ2n) is 10.5. The van der Waals surface area contributed by atoms with E-state index in [4.69, 9.17) is 17.3 Å². The zero-order valence-corrected chi connectivity index (χ0v) is 23.1. The number of pyridine rings is 2. The Hall–Kier alpha value is -3.73. The van der Waals surface area contributed by atoms with Gasteiger partial charge in [0.25, 0.3) is 0 Å². The third-order valence-electron chi connectivity index (χ3n) is 7.22. The fourth-order valence-corrected chi connectivity index (χ4v) is 5.51. The topological polar surface area (TPSA) is 89.9 Å². The fourth-order valence-electron chi connectivity index (χ4n) is 5.25. The minimum absolute atomic E-state index is 0.0682. The Labute approximate surface area is 232 Å². The summed E-state index contributed by atoms with van der Waals surface area (Å²) in [4.78, 5) is 28.8. The molecule has 5 rings (SSSR count). The van der Waals surface area contributed by atoms with Crippen LogP contribution in [0.1, 0.15) is 50.8 Å². The van der Waals surface area contributed by atoms with Gasteiger partial charge in [-0.05, 0) is 49.3 Å². The van der Waals surface area contributed by atoms with Crippen molar-refractivity contribution in [1.29, 1.82) is 0 Å². The molecule has 7 nitrogen and oxygen atoms in total. The first-order valence-corrected chi connectivity index (χ1v) is 13.3. The van der Waals surface area contributed by atoms with Crippen LogP contribution in [-0.2, 0) is 0 Å². The van der Waals surface area contributed by atoms with Crippen molar-refractivity contribution in [2.24, 2.45) is 5.92 Å². The second kappa shape index (κ2) is 10.3. The summed E-state index contributed by atoms with van der Waals surface area (Å²) in [6.07, 6.45) is 3.44. The third kappa shape index (κ3) is 4.46. The lowest BCUT2D eigenvalue weighted by molar-refractivity contribution is 0.445. The summed E-state index contributed by atoms with van der Waals surface area (Å²) in [5.41, 5.74) is 3.92. The molecule has 0 bridgehead atoms. The van der Waals surface area contributed by atoms with Crippen molar-refractivity contribution in [3.63, 3.8) is 0 Å². The number of anilines is 2. The Morgan fingerprint density at radius 3 is 2.52 bits per heavy atom. The first kappa shape index (κ1) is 27.8. The van der Waals surface area contributed by atoms with Gasteiger partial charge in [0, 0.05) is 19.3 Å². The zero-order valence-electron chi connectivity index (χ0n) is 22.3. The highest BCUT2D eigenvalue weighted by Gasteiger charge is 2.30. The van der Waals surface area contributed by atoms with Crippen molar-refractivity contribution in [3.8, 4) is 16.9 Å². The van der Waals surface area contributed by atoms with E-state index in [1.165, 1.54) is 4.57 Å². The number of nitrogen functional groups attached to an aromatic ring is 1. The Morgan fingerprint density at radius 2 is 1.85 bits per heavy atom. The molecule has 0 unspecified atom stereocenters. The summed E-state index contributed by atoms with van der Waals surface area (Å²) < 4.78 is 60.5. The van der Waals surface area contributed by atoms with Gasteiger partial charge < -0.3 is 10.6 Å². The lowest BCUT2D eigenvalue weighted by Gasteiger charge is -2.32. The van der Waals surface area contributed by atoms with Crippen LogP contribution in [-0.4, -0.2) is 32.6 Å². The summed E-state index contributed by atoms with van der Waals surface area (Å²) >= 11 is 6.11. The van der Waals surface area contributed by atoms with E-state index in [0.717, 1.165) is 18.9 Å². The number of benzene rings is 1. The maximum atomic E-state index is 15.8. The number of aryl methyl sites for hydroxylation is 1. The average molecular weight is 575 g/mol. The molecule has 3 aromatic heterocycles. The molecular formula is C28H27ClF4N6O. The van der Waals surface area contributed by atoms with Gasteiger partial charge in [-0.15, -0.1) is 0 Å². The summed E-state index contributed by atoms with van der Waals surface area (Å²) in [6.45, 7) is 8.80. The quantitative estimate of drug-likeness (QED) is 0.133. The molecule has 0 spiro atoms. The molecule has 1 atom stereocenters. The molecule has 0 amide bonds. The Bertz CT molecular complexity index is 1700. The molecule has 1 aromatic carbocycles. The van der Waals surface area contributed by atoms with E-state index >= 15 is 8.78 Å². The predicted octanol–water partition coefficient (Wildman–Crippen LogP) is 6.30. The van der Waals surface area contributed by atoms with Gasteiger partial charge in [0.1, 0.15) is 11.5 Å². The minimum Gasteiger partial charge on any atom is -0.395 e. The summed E-state index contributed by atoms with van der Waals surface area (Å²) in [5.74, 6) is -6.04. The largest absolute Gasteiger partial charge is 0.395 e. The molecule has 1 fully saturated rings. The van der Waals surface area contributed by atoms with Gasteiger partial charge in [-0.25, -0.2) is 31.9 Å². The first-order valence-electron chi connectivity index (χ1n) is 12.9. The number of piperidine rings is 1. The van der Waals surface area contributed by atoms with Crippen molar-refractivity contribution >= 4 is 34.1 Å². The van der Waals surface area contributed by atoms with Crippen molar-refractivity contribution < 1.29 is 17.6 Å². The van der Waals surface area contributed by atoms with Crippen LogP contribution in [0.2, 0.25) is 5.02 Å². The third-order valence-corrected chi connectivity index (χ3v) is 7.61. The molecule has 210 valence electrons. The highest BCUT2D eigenvalue weighted by molar-refractivity contribution is 6.35. The number of hydrogen-bond acceptors (Lipinski definition) is 6. The van der Waals surface area contributed by atoms with Crippen molar-refractivity contribution in [2.75, 3.05) is 23.7 Å². The van der Waals surface area contributed by atoms with Gasteiger partial charge in [-0.1, -0.05) is 32.4 Å². The second-order valence-corrected chi connectivity index (χ2v) is 10.9. The van der Waals surface area contributed by atoms with Crippen LogP contribution in [0.3, 0.4) is 0 Å². The van der Waals surface area contributed by atoms with E-state index in [2.05, 4.69) is 21.9 Å². The Balaban J connectivity index is 1.93. The number of nitrogens with two attached hydrogens (primary N) is 1. The molecule has 4 heterocycles. The number of aromatic nitrogens is 4. The van der Waals surface area contributed by atoms with Crippen molar-refractivity contribution in [2.45, 2.75) is 46.5 Å². The fraction of sp³-hybridized carbons (Fsp3) is 0.357. The molecule has 0 saturated carbocycles. The van der Waals surface area contributed by atoms with Gasteiger partial charge in [0.15, 0.2) is 28.9 Å². The summed E-state index contributed by atoms with van der Waals surface area (Å²) in [7, 11) is 0. The van der Waals surface area contributed by atoms with Gasteiger partial charge >= 0.3 is 5.69 Å². The number of fused-ring (bicyclic) bond motifs is 1. The van der Waals surface area contributed by atoms with E-state index in [1.54, 1.807) is 19.2 Å². The van der Waals surface area contributed by atoms with Gasteiger partial charge in [0.2, 0.25) is 0 Å². The van der Waals surface area contributed by atoms with Crippen LogP contribution < -0.4 is 16.3 Å². The molecule has 2 N–H and O–H groups in total. The van der Waals surface area contributed by atoms with Crippen LogP contribution in [0.15, 0.2) is 23.1 Å². The van der Waals surface area contributed by atoms with Crippen LogP contribution in [0, 0.1) is 36.1 Å². The molecule has 0 aliphatic carbocycles. The van der Waals surface area contributed by atoms with Crippen LogP contribution in [0.4, 0.5) is 29.1 Å². The molecule has 0 radical (unpaired) electrons. The van der Waals surface area contributed by atoms with E-state index in [0.29, 0.717) is 36.0 Å². The highest BCUT2D eigenvalue weighted by Crippen LogP contribution is 2.40. The SMILES string of the molecule is Cc1ccnc(C(C)C)c1-n1c(=O)nc(N2CCC[C@H](C)C2)c2cc(F)c(-c3c(F)c(F)c(F)c(N)c3Cl)nc21. The van der Waals surface area contributed by atoms with Gasteiger partial charge in [-0.3, -0.25) is 4.98 Å². The van der Waals surface area contributed by atoms with E-state index in [-0.39, 0.29) is 22.8 Å².